The predicted octanol–water partition coefficient (Wildman–Crippen LogP) is 14.0. The highest BCUT2D eigenvalue weighted by Gasteiger charge is 2.21. The van der Waals surface area contributed by atoms with Crippen molar-refractivity contribution >= 4 is 86.7 Å². The maximum absolute atomic E-state index is 2.47. The van der Waals surface area contributed by atoms with Gasteiger partial charge in [0, 0.05) is 58.7 Å². The first kappa shape index (κ1) is 28.4. The Morgan fingerprint density at radius 3 is 1.84 bits per heavy atom. The maximum atomic E-state index is 2.47. The number of nitrogens with zero attached hydrogens (tertiary/aromatic N) is 2. The van der Waals surface area contributed by atoms with Gasteiger partial charge in [-0.25, -0.2) is 0 Å². The summed E-state index contributed by atoms with van der Waals surface area (Å²) in [5.41, 5.74) is 12.0. The van der Waals surface area contributed by atoms with E-state index in [1.54, 1.807) is 0 Å². The van der Waals surface area contributed by atoms with Crippen LogP contribution in [0.5, 0.6) is 0 Å². The second-order valence-electron chi connectivity index (χ2n) is 13.3. The van der Waals surface area contributed by atoms with Crippen molar-refractivity contribution in [2.45, 2.75) is 0 Å². The van der Waals surface area contributed by atoms with Gasteiger partial charge in [0.25, 0.3) is 0 Å². The molecule has 0 spiro atoms. The number of hydrogen-bond donors (Lipinski definition) is 0. The van der Waals surface area contributed by atoms with Crippen molar-refractivity contribution in [3.05, 3.63) is 182 Å². The summed E-state index contributed by atoms with van der Waals surface area (Å²) in [5.74, 6) is 0. The summed E-state index contributed by atoms with van der Waals surface area (Å²) in [6, 6.07) is 66.7. The number of fused-ring (bicyclic) bond motifs is 9. The van der Waals surface area contributed by atoms with Crippen molar-refractivity contribution in [1.82, 2.24) is 4.40 Å². The molecular formula is C48H30N2S. The van der Waals surface area contributed by atoms with Gasteiger partial charge in [0.15, 0.2) is 0 Å². The Bertz CT molecular complexity index is 3080. The minimum Gasteiger partial charge on any atom is -0.310 e. The Hall–Kier alpha value is -6.42. The zero-order chi connectivity index (χ0) is 33.5. The second-order valence-corrected chi connectivity index (χ2v) is 14.4. The second kappa shape index (κ2) is 11.0. The van der Waals surface area contributed by atoms with Crippen LogP contribution in [0.2, 0.25) is 0 Å². The number of anilines is 3. The zero-order valence-electron chi connectivity index (χ0n) is 27.6. The fourth-order valence-electron chi connectivity index (χ4n) is 8.23. The lowest BCUT2D eigenvalue weighted by atomic mass is 9.99. The third-order valence-electron chi connectivity index (χ3n) is 10.5. The van der Waals surface area contributed by atoms with E-state index in [-0.39, 0.29) is 0 Å². The summed E-state index contributed by atoms with van der Waals surface area (Å²) in [4.78, 5) is 2.43. The van der Waals surface area contributed by atoms with Crippen LogP contribution >= 0.6 is 11.3 Å². The molecule has 2 nitrogen and oxygen atoms in total. The molecule has 238 valence electrons. The Labute approximate surface area is 299 Å². The summed E-state index contributed by atoms with van der Waals surface area (Å²) in [5, 5.41) is 7.81. The average molecular weight is 667 g/mol. The fraction of sp³-hybridized carbons (Fsp3) is 0. The van der Waals surface area contributed by atoms with Crippen LogP contribution in [0.15, 0.2) is 182 Å². The highest BCUT2D eigenvalue weighted by atomic mass is 32.1. The molecule has 51 heavy (non-hydrogen) atoms. The van der Waals surface area contributed by atoms with Gasteiger partial charge in [-0.05, 0) is 65.2 Å². The highest BCUT2D eigenvalue weighted by molar-refractivity contribution is 7.25. The maximum Gasteiger partial charge on any atom is 0.0620 e. The Morgan fingerprint density at radius 2 is 0.980 bits per heavy atom. The standard InChI is InChI=1S/C48H30N2S/c1-2-11-31(12-3-1)32-21-24-34(25-22-32)49(35-26-28-40-39-15-6-9-20-46(39)51-47(40)30-35)43-18-7-4-13-36(43)33-23-27-38-42-17-10-16-41-37-14-5-8-19-44(37)50(48(41)42)45(38)29-33/h1-30H. The van der Waals surface area contributed by atoms with E-state index in [4.69, 9.17) is 0 Å². The third kappa shape index (κ3) is 4.29. The largest absolute Gasteiger partial charge is 0.310 e. The van der Waals surface area contributed by atoms with Crippen molar-refractivity contribution < 1.29 is 0 Å². The number of para-hydroxylation sites is 3. The van der Waals surface area contributed by atoms with E-state index in [0.29, 0.717) is 0 Å². The van der Waals surface area contributed by atoms with Crippen molar-refractivity contribution in [1.29, 1.82) is 0 Å². The molecule has 0 amide bonds. The van der Waals surface area contributed by atoms with Gasteiger partial charge in [-0.2, -0.15) is 0 Å². The smallest absolute Gasteiger partial charge is 0.0620 e. The molecule has 0 saturated heterocycles. The van der Waals surface area contributed by atoms with E-state index < -0.39 is 0 Å². The number of benzene rings is 8. The summed E-state index contributed by atoms with van der Waals surface area (Å²) in [6.07, 6.45) is 0. The van der Waals surface area contributed by atoms with Crippen LogP contribution in [0, 0.1) is 0 Å². The first-order chi connectivity index (χ1) is 25.3. The van der Waals surface area contributed by atoms with Gasteiger partial charge in [0.05, 0.1) is 22.2 Å². The molecule has 8 aromatic carbocycles. The van der Waals surface area contributed by atoms with Crippen LogP contribution in [-0.2, 0) is 0 Å². The molecule has 0 aliphatic rings. The SMILES string of the molecule is c1ccc(-c2ccc(N(c3ccc4c(c3)sc3ccccc34)c3ccccc3-c3ccc4c5cccc6c7ccccc7n(c4c3)c65)cc2)cc1. The Morgan fingerprint density at radius 1 is 0.373 bits per heavy atom. The lowest BCUT2D eigenvalue weighted by molar-refractivity contribution is 1.29. The van der Waals surface area contributed by atoms with E-state index in [1.165, 1.54) is 80.5 Å². The predicted molar refractivity (Wildman–Crippen MR) is 220 cm³/mol. The van der Waals surface area contributed by atoms with Crippen LogP contribution in [0.1, 0.15) is 0 Å². The normalized spacial score (nSPS) is 11.9. The molecule has 3 heterocycles. The van der Waals surface area contributed by atoms with Crippen LogP contribution < -0.4 is 4.90 Å². The molecule has 0 saturated carbocycles. The lowest BCUT2D eigenvalue weighted by Gasteiger charge is -2.28. The molecule has 11 aromatic rings. The number of rotatable bonds is 5. The molecule has 0 aliphatic carbocycles. The van der Waals surface area contributed by atoms with E-state index >= 15 is 0 Å². The third-order valence-corrected chi connectivity index (χ3v) is 11.7. The van der Waals surface area contributed by atoms with E-state index in [1.807, 2.05) is 11.3 Å². The minimum absolute atomic E-state index is 1.12. The van der Waals surface area contributed by atoms with Crippen LogP contribution in [0.4, 0.5) is 17.1 Å². The van der Waals surface area contributed by atoms with Crippen molar-refractivity contribution in [3.63, 3.8) is 0 Å². The van der Waals surface area contributed by atoms with Gasteiger partial charge in [-0.15, -0.1) is 11.3 Å². The zero-order valence-corrected chi connectivity index (χ0v) is 28.4. The average Bonchev–Trinajstić information content (AvgIpc) is 3.85. The van der Waals surface area contributed by atoms with Gasteiger partial charge in [-0.1, -0.05) is 133 Å². The Balaban J connectivity index is 1.13. The highest BCUT2D eigenvalue weighted by Crippen LogP contribution is 2.46. The quantitative estimate of drug-likeness (QED) is 0.177. The number of hydrogen-bond acceptors (Lipinski definition) is 2. The molecule has 0 unspecified atom stereocenters. The molecule has 3 heteroatoms. The molecule has 0 aliphatic heterocycles. The van der Waals surface area contributed by atoms with Gasteiger partial charge in [-0.3, -0.25) is 0 Å². The van der Waals surface area contributed by atoms with Crippen molar-refractivity contribution in [3.8, 4) is 22.3 Å². The molecule has 0 bridgehead atoms. The minimum atomic E-state index is 1.12. The summed E-state index contributed by atoms with van der Waals surface area (Å²) < 4.78 is 5.07. The lowest BCUT2D eigenvalue weighted by Crippen LogP contribution is -2.11. The molecule has 11 rings (SSSR count). The van der Waals surface area contributed by atoms with Crippen LogP contribution in [0.25, 0.3) is 80.5 Å². The van der Waals surface area contributed by atoms with Gasteiger partial charge in [0.1, 0.15) is 0 Å². The molecular weight excluding hydrogens is 637 g/mol. The molecule has 3 aromatic heterocycles. The molecule has 0 fully saturated rings. The van der Waals surface area contributed by atoms with Crippen molar-refractivity contribution in [2.24, 2.45) is 0 Å². The monoisotopic (exact) mass is 666 g/mol. The number of aromatic nitrogens is 1. The van der Waals surface area contributed by atoms with Crippen LogP contribution in [0.3, 0.4) is 0 Å². The van der Waals surface area contributed by atoms with Gasteiger partial charge < -0.3 is 9.30 Å². The Kier molecular flexibility index (Phi) is 6.16. The first-order valence-electron chi connectivity index (χ1n) is 17.4. The summed E-state index contributed by atoms with van der Waals surface area (Å²) in [6.45, 7) is 0. The summed E-state index contributed by atoms with van der Waals surface area (Å²) in [7, 11) is 0. The molecule has 0 atom stereocenters. The van der Waals surface area contributed by atoms with E-state index in [9.17, 15) is 0 Å². The topological polar surface area (TPSA) is 7.65 Å². The van der Waals surface area contributed by atoms with Crippen molar-refractivity contribution in [2.75, 3.05) is 4.90 Å². The van der Waals surface area contributed by atoms with E-state index in [2.05, 4.69) is 191 Å². The first-order valence-corrected chi connectivity index (χ1v) is 18.3. The van der Waals surface area contributed by atoms with Gasteiger partial charge in [0.2, 0.25) is 0 Å². The van der Waals surface area contributed by atoms with Gasteiger partial charge >= 0.3 is 0 Å². The van der Waals surface area contributed by atoms with Crippen LogP contribution in [-0.4, -0.2) is 4.40 Å². The fourth-order valence-corrected chi connectivity index (χ4v) is 9.36. The summed E-state index contributed by atoms with van der Waals surface area (Å²) >= 11 is 1.86. The molecule has 0 radical (unpaired) electrons. The number of thiophene rings is 1. The molecule has 0 N–H and O–H groups in total. The van der Waals surface area contributed by atoms with E-state index in [0.717, 1.165) is 17.1 Å².